The molecule has 0 radical (unpaired) electrons. The van der Waals surface area contributed by atoms with E-state index in [0.717, 1.165) is 53.9 Å². The summed E-state index contributed by atoms with van der Waals surface area (Å²) < 4.78 is 13.7. The summed E-state index contributed by atoms with van der Waals surface area (Å²) >= 11 is 5.97. The summed E-state index contributed by atoms with van der Waals surface area (Å²) in [5, 5.41) is 3.74. The third-order valence-electron chi connectivity index (χ3n) is 5.26. The van der Waals surface area contributed by atoms with Crippen LogP contribution in [0.2, 0.25) is 5.02 Å². The summed E-state index contributed by atoms with van der Waals surface area (Å²) in [7, 11) is 0. The maximum absolute atomic E-state index is 13.7. The lowest BCUT2D eigenvalue weighted by Gasteiger charge is -2.23. The number of carbonyl (C=O) groups is 1. The number of nitrogens with one attached hydrogen (secondary N) is 1. The van der Waals surface area contributed by atoms with Crippen molar-refractivity contribution in [3.63, 3.8) is 0 Å². The predicted molar refractivity (Wildman–Crippen MR) is 98.9 cm³/mol. The van der Waals surface area contributed by atoms with Crippen LogP contribution in [0.3, 0.4) is 0 Å². The number of hydrogen-bond acceptors (Lipinski definition) is 2. The second kappa shape index (κ2) is 6.34. The Morgan fingerprint density at radius 3 is 2.88 bits per heavy atom. The third-order valence-corrected chi connectivity index (χ3v) is 5.55. The van der Waals surface area contributed by atoms with Crippen LogP contribution in [-0.4, -0.2) is 12.5 Å². The van der Waals surface area contributed by atoms with Crippen molar-refractivity contribution in [3.8, 4) is 0 Å². The maximum Gasteiger partial charge on any atom is 0.227 e. The molecule has 1 heterocycles. The highest BCUT2D eigenvalue weighted by Crippen LogP contribution is 2.38. The van der Waals surface area contributed by atoms with Crippen LogP contribution in [0.15, 0.2) is 30.3 Å². The number of halogens is 2. The highest BCUT2D eigenvalue weighted by atomic mass is 35.5. The van der Waals surface area contributed by atoms with E-state index in [9.17, 15) is 9.18 Å². The van der Waals surface area contributed by atoms with Gasteiger partial charge in [-0.15, -0.1) is 0 Å². The van der Waals surface area contributed by atoms with Crippen LogP contribution >= 0.6 is 11.6 Å². The number of carbonyl (C=O) groups excluding carboxylic acids is 1. The first-order chi connectivity index (χ1) is 12.0. The molecule has 0 aromatic heterocycles. The molecule has 25 heavy (non-hydrogen) atoms. The molecule has 1 fully saturated rings. The number of anilines is 2. The average molecular weight is 359 g/mol. The molecule has 1 aliphatic carbocycles. The molecular formula is C20H20ClFN2O. The zero-order valence-electron chi connectivity index (χ0n) is 14.1. The van der Waals surface area contributed by atoms with Crippen molar-refractivity contribution >= 4 is 28.9 Å². The Morgan fingerprint density at radius 1 is 1.28 bits per heavy atom. The van der Waals surface area contributed by atoms with Gasteiger partial charge in [-0.05, 0) is 67.1 Å². The lowest BCUT2D eigenvalue weighted by atomic mass is 10.1. The van der Waals surface area contributed by atoms with Crippen LogP contribution in [0.25, 0.3) is 0 Å². The molecule has 1 saturated heterocycles. The van der Waals surface area contributed by atoms with Crippen LogP contribution in [0, 0.1) is 12.7 Å². The molecule has 1 amide bonds. The minimum absolute atomic E-state index is 0.108. The molecule has 5 heteroatoms. The van der Waals surface area contributed by atoms with E-state index in [1.807, 2.05) is 30.0 Å². The van der Waals surface area contributed by atoms with Crippen molar-refractivity contribution in [2.75, 3.05) is 16.8 Å². The summed E-state index contributed by atoms with van der Waals surface area (Å²) in [6.07, 6.45) is 3.28. The Balaban J connectivity index is 1.63. The van der Waals surface area contributed by atoms with E-state index in [-0.39, 0.29) is 22.8 Å². The fourth-order valence-corrected chi connectivity index (χ4v) is 4.08. The zero-order chi connectivity index (χ0) is 17.6. The summed E-state index contributed by atoms with van der Waals surface area (Å²) in [4.78, 5) is 13.9. The molecule has 0 bridgehead atoms. The molecular weight excluding hydrogens is 339 g/mol. The molecule has 0 saturated carbocycles. The van der Waals surface area contributed by atoms with E-state index in [0.29, 0.717) is 6.42 Å². The van der Waals surface area contributed by atoms with Crippen molar-refractivity contribution < 1.29 is 9.18 Å². The van der Waals surface area contributed by atoms with Crippen molar-refractivity contribution in [1.82, 2.24) is 0 Å². The second-order valence-corrected chi connectivity index (χ2v) is 7.21. The van der Waals surface area contributed by atoms with Gasteiger partial charge in [0.1, 0.15) is 5.82 Å². The van der Waals surface area contributed by atoms with Crippen molar-refractivity contribution in [2.24, 2.45) is 0 Å². The zero-order valence-corrected chi connectivity index (χ0v) is 14.9. The Kier molecular flexibility index (Phi) is 4.16. The van der Waals surface area contributed by atoms with Gasteiger partial charge in [-0.2, -0.15) is 0 Å². The highest BCUT2D eigenvalue weighted by molar-refractivity contribution is 6.30. The van der Waals surface area contributed by atoms with Crippen LogP contribution < -0.4 is 10.2 Å². The maximum atomic E-state index is 13.7. The third kappa shape index (κ3) is 2.89. The van der Waals surface area contributed by atoms with Gasteiger partial charge in [0.2, 0.25) is 5.91 Å². The van der Waals surface area contributed by atoms with E-state index >= 15 is 0 Å². The number of rotatable bonds is 3. The monoisotopic (exact) mass is 358 g/mol. The average Bonchev–Trinajstić information content (AvgIpc) is 3.17. The molecule has 1 unspecified atom stereocenters. The minimum Gasteiger partial charge on any atom is -0.378 e. The summed E-state index contributed by atoms with van der Waals surface area (Å²) in [6.45, 7) is 2.82. The van der Waals surface area contributed by atoms with Gasteiger partial charge in [0.05, 0.1) is 11.1 Å². The molecule has 2 aliphatic rings. The number of hydrogen-bond donors (Lipinski definition) is 1. The smallest absolute Gasteiger partial charge is 0.227 e. The van der Waals surface area contributed by atoms with E-state index in [1.54, 1.807) is 12.1 Å². The Bertz CT molecular complexity index is 852. The Labute approximate surface area is 151 Å². The number of benzene rings is 2. The van der Waals surface area contributed by atoms with E-state index in [1.165, 1.54) is 0 Å². The molecule has 3 nitrogen and oxygen atoms in total. The van der Waals surface area contributed by atoms with Gasteiger partial charge < -0.3 is 10.2 Å². The molecule has 1 N–H and O–H groups in total. The Hall–Kier alpha value is -2.07. The number of nitrogens with zero attached hydrogens (tertiary/aromatic N) is 1. The molecule has 1 aliphatic heterocycles. The molecule has 4 rings (SSSR count). The van der Waals surface area contributed by atoms with Crippen molar-refractivity contribution in [1.29, 1.82) is 0 Å². The number of aryl methyl sites for hydroxylation is 1. The van der Waals surface area contributed by atoms with Gasteiger partial charge >= 0.3 is 0 Å². The van der Waals surface area contributed by atoms with Crippen molar-refractivity contribution in [2.45, 2.75) is 38.6 Å². The standard InChI is InChI=1S/C20H20ClFN2O/c1-12-17(4-2-5-19(12)24-9-3-6-20(24)25)23-18-8-7-13-10-16(22)15(21)11-14(13)18/h2,4-5,10-11,18,23H,3,6-9H2,1H3. The first-order valence-electron chi connectivity index (χ1n) is 8.69. The summed E-state index contributed by atoms with van der Waals surface area (Å²) in [6, 6.07) is 9.40. The molecule has 0 spiro atoms. The van der Waals surface area contributed by atoms with Gasteiger partial charge in [-0.3, -0.25) is 4.79 Å². The molecule has 1 atom stereocenters. The van der Waals surface area contributed by atoms with Gasteiger partial charge in [0.15, 0.2) is 0 Å². The van der Waals surface area contributed by atoms with E-state index in [2.05, 4.69) is 5.32 Å². The normalized spacial score (nSPS) is 19.4. The summed E-state index contributed by atoms with van der Waals surface area (Å²) in [5.41, 5.74) is 5.13. The van der Waals surface area contributed by atoms with Crippen molar-refractivity contribution in [3.05, 3.63) is 57.9 Å². The van der Waals surface area contributed by atoms with Gasteiger partial charge in [-0.25, -0.2) is 4.39 Å². The summed E-state index contributed by atoms with van der Waals surface area (Å²) in [5.74, 6) is -0.166. The first-order valence-corrected chi connectivity index (χ1v) is 9.06. The van der Waals surface area contributed by atoms with Gasteiger partial charge in [0, 0.05) is 24.3 Å². The topological polar surface area (TPSA) is 32.3 Å². The fourth-order valence-electron chi connectivity index (χ4n) is 3.91. The fraction of sp³-hybridized carbons (Fsp3) is 0.350. The lowest BCUT2D eigenvalue weighted by Crippen LogP contribution is -2.24. The molecule has 2 aromatic rings. The van der Waals surface area contributed by atoms with E-state index < -0.39 is 0 Å². The SMILES string of the molecule is Cc1c(NC2CCc3cc(F)c(Cl)cc32)cccc1N1CCCC1=O. The van der Waals surface area contributed by atoms with Gasteiger partial charge in [-0.1, -0.05) is 17.7 Å². The first kappa shape index (κ1) is 16.4. The van der Waals surface area contributed by atoms with E-state index in [4.69, 9.17) is 11.6 Å². The largest absolute Gasteiger partial charge is 0.378 e. The minimum atomic E-state index is -0.355. The lowest BCUT2D eigenvalue weighted by molar-refractivity contribution is -0.117. The van der Waals surface area contributed by atoms with Gasteiger partial charge in [0.25, 0.3) is 0 Å². The second-order valence-electron chi connectivity index (χ2n) is 6.80. The Morgan fingerprint density at radius 2 is 2.12 bits per heavy atom. The molecule has 130 valence electrons. The number of fused-ring (bicyclic) bond motifs is 1. The predicted octanol–water partition coefficient (Wildman–Crippen LogP) is 5.01. The van der Waals surface area contributed by atoms with Crippen LogP contribution in [0.5, 0.6) is 0 Å². The highest BCUT2D eigenvalue weighted by Gasteiger charge is 2.27. The quantitative estimate of drug-likeness (QED) is 0.836. The van der Waals surface area contributed by atoms with Crippen LogP contribution in [0.4, 0.5) is 15.8 Å². The number of amides is 1. The van der Waals surface area contributed by atoms with Crippen LogP contribution in [-0.2, 0) is 11.2 Å². The molecule has 2 aromatic carbocycles. The van der Waals surface area contributed by atoms with Crippen LogP contribution in [0.1, 0.15) is 42.0 Å².